The highest BCUT2D eigenvalue weighted by Gasteiger charge is 2.19. The zero-order chi connectivity index (χ0) is 18.5. The molecule has 1 heterocycles. The van der Waals surface area contributed by atoms with Gasteiger partial charge in [0.1, 0.15) is 13.3 Å². The molecule has 8 nitrogen and oxygen atoms in total. The van der Waals surface area contributed by atoms with Gasteiger partial charge in [-0.1, -0.05) is 42.5 Å². The zero-order valence-electron chi connectivity index (χ0n) is 14.0. The van der Waals surface area contributed by atoms with Gasteiger partial charge in [-0.3, -0.25) is 5.32 Å². The Hall–Kier alpha value is -3.39. The zero-order valence-corrected chi connectivity index (χ0v) is 14.0. The largest absolute Gasteiger partial charge is 0.476 e. The fourth-order valence-electron chi connectivity index (χ4n) is 2.58. The molecule has 0 bridgehead atoms. The van der Waals surface area contributed by atoms with Crippen LogP contribution in [0.2, 0.25) is 0 Å². The van der Waals surface area contributed by atoms with Gasteiger partial charge in [-0.15, -0.1) is 0 Å². The molecule has 0 unspecified atom stereocenters. The van der Waals surface area contributed by atoms with Gasteiger partial charge in [-0.2, -0.15) is 5.10 Å². The summed E-state index contributed by atoms with van der Waals surface area (Å²) < 4.78 is 11.6. The van der Waals surface area contributed by atoms with Gasteiger partial charge in [0.2, 0.25) is 0 Å². The summed E-state index contributed by atoms with van der Waals surface area (Å²) in [7, 11) is 1.47. The number of carbonyl (C=O) groups excluding carboxylic acids is 1. The topological polar surface area (TPSA) is 103 Å². The number of fused-ring (bicyclic) bond motifs is 1. The summed E-state index contributed by atoms with van der Waals surface area (Å²) in [5, 5.41) is 16.4. The molecule has 134 valence electrons. The Bertz CT molecular complexity index is 937. The quantitative estimate of drug-likeness (QED) is 0.704. The minimum Gasteiger partial charge on any atom is -0.476 e. The molecule has 1 aromatic heterocycles. The summed E-state index contributed by atoms with van der Waals surface area (Å²) in [5.74, 6) is -1.16. The van der Waals surface area contributed by atoms with Gasteiger partial charge in [-0.25, -0.2) is 14.3 Å². The van der Waals surface area contributed by atoms with E-state index in [0.717, 1.165) is 5.56 Å². The third-order valence-corrected chi connectivity index (χ3v) is 3.67. The van der Waals surface area contributed by atoms with Gasteiger partial charge in [0.15, 0.2) is 5.69 Å². The first kappa shape index (κ1) is 17.4. The molecule has 0 spiro atoms. The second-order valence-electron chi connectivity index (χ2n) is 5.46. The standard InChI is InChI=1S/C18H17N3O5/c1-25-11-21-16-13(15(20-21)17(22)23)8-5-9-14(16)19-18(24)26-10-12-6-3-2-4-7-12/h2-9H,10-11H2,1H3,(H,19,24)(H,22,23). The number of amides is 1. The van der Waals surface area contributed by atoms with Crippen molar-refractivity contribution in [3.8, 4) is 0 Å². The maximum Gasteiger partial charge on any atom is 0.412 e. The van der Waals surface area contributed by atoms with E-state index in [-0.39, 0.29) is 19.0 Å². The molecule has 2 aromatic carbocycles. The molecule has 2 N–H and O–H groups in total. The van der Waals surface area contributed by atoms with E-state index in [2.05, 4.69) is 10.4 Å². The van der Waals surface area contributed by atoms with Gasteiger partial charge in [0.25, 0.3) is 0 Å². The van der Waals surface area contributed by atoms with Crippen LogP contribution in [0.25, 0.3) is 10.9 Å². The van der Waals surface area contributed by atoms with E-state index in [1.165, 1.54) is 11.8 Å². The summed E-state index contributed by atoms with van der Waals surface area (Å²) in [6, 6.07) is 14.2. The number of aromatic carboxylic acids is 1. The van der Waals surface area contributed by atoms with Crippen LogP contribution in [0.4, 0.5) is 10.5 Å². The van der Waals surface area contributed by atoms with Crippen LogP contribution >= 0.6 is 0 Å². The molecule has 0 saturated heterocycles. The lowest BCUT2D eigenvalue weighted by Gasteiger charge is -2.10. The van der Waals surface area contributed by atoms with Gasteiger partial charge in [0.05, 0.1) is 11.2 Å². The predicted octanol–water partition coefficient (Wildman–Crippen LogP) is 3.09. The third-order valence-electron chi connectivity index (χ3n) is 3.67. The number of hydrogen-bond donors (Lipinski definition) is 2. The Balaban J connectivity index is 1.85. The number of rotatable bonds is 6. The van der Waals surface area contributed by atoms with Crippen molar-refractivity contribution in [2.75, 3.05) is 12.4 Å². The summed E-state index contributed by atoms with van der Waals surface area (Å²) >= 11 is 0. The van der Waals surface area contributed by atoms with E-state index in [9.17, 15) is 14.7 Å². The van der Waals surface area contributed by atoms with Crippen molar-refractivity contribution in [1.29, 1.82) is 0 Å². The Morgan fingerprint density at radius 1 is 1.15 bits per heavy atom. The van der Waals surface area contributed by atoms with E-state index >= 15 is 0 Å². The van der Waals surface area contributed by atoms with Crippen molar-refractivity contribution < 1.29 is 24.2 Å². The lowest BCUT2D eigenvalue weighted by molar-refractivity contribution is 0.0687. The summed E-state index contributed by atoms with van der Waals surface area (Å²) in [5.41, 5.74) is 1.58. The number of carboxylic acids is 1. The van der Waals surface area contributed by atoms with E-state index in [0.29, 0.717) is 16.6 Å². The number of nitrogens with zero attached hydrogens (tertiary/aromatic N) is 2. The maximum atomic E-state index is 12.1. The molecule has 0 aliphatic carbocycles. The molecule has 0 atom stereocenters. The second-order valence-corrected chi connectivity index (χ2v) is 5.46. The summed E-state index contributed by atoms with van der Waals surface area (Å²) in [6.07, 6.45) is -0.650. The van der Waals surface area contributed by atoms with Crippen molar-refractivity contribution >= 4 is 28.7 Å². The number of hydrogen-bond acceptors (Lipinski definition) is 5. The summed E-state index contributed by atoms with van der Waals surface area (Å²) in [6.45, 7) is 0.169. The molecular weight excluding hydrogens is 338 g/mol. The number of methoxy groups -OCH3 is 1. The van der Waals surface area contributed by atoms with Gasteiger partial charge in [-0.05, 0) is 11.6 Å². The molecule has 1 amide bonds. The first-order valence-corrected chi connectivity index (χ1v) is 7.79. The highest BCUT2D eigenvalue weighted by molar-refractivity contribution is 6.06. The lowest BCUT2D eigenvalue weighted by atomic mass is 10.2. The molecule has 3 aromatic rings. The number of carbonyl (C=O) groups is 2. The van der Waals surface area contributed by atoms with E-state index in [4.69, 9.17) is 9.47 Å². The fraction of sp³-hybridized carbons (Fsp3) is 0.167. The highest BCUT2D eigenvalue weighted by Crippen LogP contribution is 2.27. The van der Waals surface area contributed by atoms with Crippen LogP contribution in [0.5, 0.6) is 0 Å². The van der Waals surface area contributed by atoms with Crippen LogP contribution in [0.3, 0.4) is 0 Å². The van der Waals surface area contributed by atoms with Gasteiger partial charge >= 0.3 is 12.1 Å². The third kappa shape index (κ3) is 3.65. The smallest absolute Gasteiger partial charge is 0.412 e. The van der Waals surface area contributed by atoms with Crippen molar-refractivity contribution in [3.05, 3.63) is 59.8 Å². The van der Waals surface area contributed by atoms with Crippen molar-refractivity contribution in [2.45, 2.75) is 13.3 Å². The average Bonchev–Trinajstić information content (AvgIpc) is 3.01. The van der Waals surface area contributed by atoms with Crippen molar-refractivity contribution in [2.24, 2.45) is 0 Å². The molecule has 0 aliphatic heterocycles. The van der Waals surface area contributed by atoms with Gasteiger partial charge in [0, 0.05) is 12.5 Å². The van der Waals surface area contributed by atoms with Crippen LogP contribution < -0.4 is 5.32 Å². The monoisotopic (exact) mass is 355 g/mol. The Labute approximate surface area is 148 Å². The molecule has 8 heteroatoms. The van der Waals surface area contributed by atoms with Gasteiger partial charge < -0.3 is 14.6 Å². The minimum atomic E-state index is -1.16. The predicted molar refractivity (Wildman–Crippen MR) is 94.0 cm³/mol. The normalized spacial score (nSPS) is 10.7. The first-order valence-electron chi connectivity index (χ1n) is 7.79. The number of nitrogens with one attached hydrogen (secondary N) is 1. The van der Waals surface area contributed by atoms with E-state index < -0.39 is 12.1 Å². The fourth-order valence-corrected chi connectivity index (χ4v) is 2.58. The van der Waals surface area contributed by atoms with Crippen LogP contribution in [0.15, 0.2) is 48.5 Å². The molecule has 3 rings (SSSR count). The molecule has 0 saturated carbocycles. The number of benzene rings is 2. The Morgan fingerprint density at radius 2 is 1.92 bits per heavy atom. The Kier molecular flexibility index (Phi) is 5.14. The number of carboxylic acid groups (broad SMARTS) is 1. The lowest BCUT2D eigenvalue weighted by Crippen LogP contribution is -2.14. The van der Waals surface area contributed by atoms with E-state index in [1.807, 2.05) is 30.3 Å². The molecule has 26 heavy (non-hydrogen) atoms. The van der Waals surface area contributed by atoms with Crippen LogP contribution in [0.1, 0.15) is 16.1 Å². The maximum absolute atomic E-state index is 12.1. The number of anilines is 1. The van der Waals surface area contributed by atoms with Crippen LogP contribution in [-0.4, -0.2) is 34.1 Å². The SMILES string of the molecule is COCn1nc(C(=O)O)c2cccc(NC(=O)OCc3ccccc3)c21. The van der Waals surface area contributed by atoms with Crippen molar-refractivity contribution in [3.63, 3.8) is 0 Å². The molecule has 0 fully saturated rings. The molecular formula is C18H17N3O5. The molecule has 0 radical (unpaired) electrons. The summed E-state index contributed by atoms with van der Waals surface area (Å²) in [4.78, 5) is 23.5. The van der Waals surface area contributed by atoms with Crippen LogP contribution in [-0.2, 0) is 22.8 Å². The number of para-hydroxylation sites is 1. The van der Waals surface area contributed by atoms with Crippen LogP contribution in [0, 0.1) is 0 Å². The van der Waals surface area contributed by atoms with Crippen molar-refractivity contribution in [1.82, 2.24) is 9.78 Å². The Morgan fingerprint density at radius 3 is 2.62 bits per heavy atom. The highest BCUT2D eigenvalue weighted by atomic mass is 16.5. The number of aromatic nitrogens is 2. The second kappa shape index (κ2) is 7.66. The number of ether oxygens (including phenoxy) is 2. The minimum absolute atomic E-state index is 0.0432. The molecule has 0 aliphatic rings. The van der Waals surface area contributed by atoms with E-state index in [1.54, 1.807) is 18.2 Å². The first-order chi connectivity index (χ1) is 12.6. The average molecular weight is 355 g/mol.